The van der Waals surface area contributed by atoms with Crippen molar-refractivity contribution in [3.63, 3.8) is 0 Å². The Hall–Kier alpha value is -3.84. The van der Waals surface area contributed by atoms with Crippen molar-refractivity contribution in [3.05, 3.63) is 82.4 Å². The maximum Gasteiger partial charge on any atom is 0.231 e. The predicted molar refractivity (Wildman–Crippen MR) is 123 cm³/mol. The zero-order valence-electron chi connectivity index (χ0n) is 18.8. The number of ether oxygens (including phenoxy) is 4. The molecule has 0 unspecified atom stereocenters. The maximum atomic E-state index is 13.2. The first kappa shape index (κ1) is 21.0. The van der Waals surface area contributed by atoms with Crippen molar-refractivity contribution < 1.29 is 23.7 Å². The lowest BCUT2D eigenvalue weighted by atomic mass is 10.00. The molecule has 0 radical (unpaired) electrons. The molecule has 3 aromatic rings. The number of benzene rings is 2. The van der Waals surface area contributed by atoms with Crippen LogP contribution in [0.5, 0.6) is 23.0 Å². The summed E-state index contributed by atoms with van der Waals surface area (Å²) in [5.41, 5.74) is 4.01. The molecule has 33 heavy (non-hydrogen) atoms. The zero-order valence-corrected chi connectivity index (χ0v) is 18.8. The van der Waals surface area contributed by atoms with Crippen LogP contribution >= 0.6 is 0 Å². The third kappa shape index (κ3) is 3.91. The number of allylic oxidation sites excluding steroid dienone is 1. The lowest BCUT2D eigenvalue weighted by Gasteiger charge is -2.30. The van der Waals surface area contributed by atoms with Crippen molar-refractivity contribution in [1.29, 1.82) is 0 Å². The van der Waals surface area contributed by atoms with Gasteiger partial charge in [-0.2, -0.15) is 0 Å². The van der Waals surface area contributed by atoms with Crippen molar-refractivity contribution in [1.82, 2.24) is 9.88 Å². The molecular weight excluding hydrogens is 420 g/mol. The molecule has 0 fully saturated rings. The molecule has 2 aliphatic heterocycles. The minimum absolute atomic E-state index is 0.164. The minimum atomic E-state index is -0.164. The molecule has 2 aromatic carbocycles. The first-order valence-electron chi connectivity index (χ1n) is 10.6. The van der Waals surface area contributed by atoms with E-state index >= 15 is 0 Å². The topological polar surface area (TPSA) is 70.1 Å². The highest BCUT2D eigenvalue weighted by molar-refractivity contribution is 6.15. The van der Waals surface area contributed by atoms with Gasteiger partial charge in [-0.05, 0) is 49.4 Å². The number of rotatable bonds is 5. The molecule has 7 nitrogen and oxygen atoms in total. The van der Waals surface area contributed by atoms with E-state index in [1.54, 1.807) is 38.6 Å². The van der Waals surface area contributed by atoms with E-state index in [1.165, 1.54) is 0 Å². The van der Waals surface area contributed by atoms with Gasteiger partial charge >= 0.3 is 0 Å². The van der Waals surface area contributed by atoms with Crippen LogP contribution in [0, 0.1) is 6.92 Å². The van der Waals surface area contributed by atoms with Gasteiger partial charge in [0.1, 0.15) is 29.7 Å². The first-order chi connectivity index (χ1) is 16.1. The predicted octanol–water partition coefficient (Wildman–Crippen LogP) is 4.38. The number of methoxy groups -OCH3 is 2. The summed E-state index contributed by atoms with van der Waals surface area (Å²) in [6.45, 7) is 3.70. The van der Waals surface area contributed by atoms with E-state index in [0.29, 0.717) is 48.2 Å². The van der Waals surface area contributed by atoms with Gasteiger partial charge in [-0.1, -0.05) is 6.07 Å². The van der Waals surface area contributed by atoms with E-state index in [9.17, 15) is 4.79 Å². The molecule has 0 saturated carbocycles. The van der Waals surface area contributed by atoms with Crippen LogP contribution in [0.2, 0.25) is 0 Å². The molecule has 2 aliphatic rings. The molecular formula is C26H24N2O5. The van der Waals surface area contributed by atoms with Gasteiger partial charge in [-0.25, -0.2) is 0 Å². The van der Waals surface area contributed by atoms with Crippen LogP contribution in [0.4, 0.5) is 0 Å². The zero-order chi connectivity index (χ0) is 22.9. The Balaban J connectivity index is 1.45. The number of ketones is 1. The SMILES string of the molecule is COc1ccc(OC)c(/C=C2\Oc3c(cc4c(c3C)OCN(Cc3ccccn3)C4)C2=O)c1. The van der Waals surface area contributed by atoms with E-state index in [-0.39, 0.29) is 11.5 Å². The van der Waals surface area contributed by atoms with Gasteiger partial charge in [-0.3, -0.25) is 14.7 Å². The van der Waals surface area contributed by atoms with E-state index in [4.69, 9.17) is 18.9 Å². The van der Waals surface area contributed by atoms with E-state index in [2.05, 4.69) is 9.88 Å². The van der Waals surface area contributed by atoms with Crippen molar-refractivity contribution in [2.45, 2.75) is 20.0 Å². The quantitative estimate of drug-likeness (QED) is 0.541. The second-order valence-electron chi connectivity index (χ2n) is 8.00. The van der Waals surface area contributed by atoms with E-state index < -0.39 is 0 Å². The van der Waals surface area contributed by atoms with Crippen LogP contribution in [0.25, 0.3) is 6.08 Å². The molecule has 5 rings (SSSR count). The molecule has 0 amide bonds. The number of fused-ring (bicyclic) bond motifs is 2. The summed E-state index contributed by atoms with van der Waals surface area (Å²) in [6.07, 6.45) is 3.47. The van der Waals surface area contributed by atoms with E-state index in [1.807, 2.05) is 37.3 Å². The number of carbonyl (C=O) groups excluding carboxylic acids is 1. The molecule has 168 valence electrons. The number of pyridine rings is 1. The van der Waals surface area contributed by atoms with Crippen LogP contribution in [-0.4, -0.2) is 36.6 Å². The Morgan fingerprint density at radius 3 is 2.76 bits per heavy atom. The van der Waals surface area contributed by atoms with Gasteiger partial charge in [0.15, 0.2) is 5.76 Å². The Morgan fingerprint density at radius 1 is 1.12 bits per heavy atom. The summed E-state index contributed by atoms with van der Waals surface area (Å²) in [6, 6.07) is 13.2. The van der Waals surface area contributed by atoms with Gasteiger partial charge in [0.05, 0.1) is 25.5 Å². The molecule has 0 saturated heterocycles. The van der Waals surface area contributed by atoms with Gasteiger partial charge in [-0.15, -0.1) is 0 Å². The highest BCUT2D eigenvalue weighted by Gasteiger charge is 2.34. The average Bonchev–Trinajstić information content (AvgIpc) is 3.15. The number of Topliss-reactive ketones (excluding diaryl/α,β-unsaturated/α-hetero) is 1. The average molecular weight is 444 g/mol. The maximum absolute atomic E-state index is 13.2. The van der Waals surface area contributed by atoms with Crippen LogP contribution in [0.3, 0.4) is 0 Å². The fourth-order valence-electron chi connectivity index (χ4n) is 4.21. The summed E-state index contributed by atoms with van der Waals surface area (Å²) in [7, 11) is 3.18. The summed E-state index contributed by atoms with van der Waals surface area (Å²) in [5, 5.41) is 0. The van der Waals surface area contributed by atoms with Gasteiger partial charge < -0.3 is 18.9 Å². The van der Waals surface area contributed by atoms with Crippen LogP contribution in [0.15, 0.2) is 54.4 Å². The van der Waals surface area contributed by atoms with Gasteiger partial charge in [0.25, 0.3) is 0 Å². The van der Waals surface area contributed by atoms with Gasteiger partial charge in [0.2, 0.25) is 5.78 Å². The molecule has 0 bridgehead atoms. The van der Waals surface area contributed by atoms with Crippen molar-refractivity contribution in [2.75, 3.05) is 21.0 Å². The monoisotopic (exact) mass is 444 g/mol. The molecule has 3 heterocycles. The van der Waals surface area contributed by atoms with Crippen LogP contribution < -0.4 is 18.9 Å². The third-order valence-electron chi connectivity index (χ3n) is 5.84. The fourth-order valence-corrected chi connectivity index (χ4v) is 4.21. The van der Waals surface area contributed by atoms with Gasteiger partial charge in [0, 0.05) is 36.0 Å². The molecule has 1 aromatic heterocycles. The van der Waals surface area contributed by atoms with Crippen molar-refractivity contribution in [2.24, 2.45) is 0 Å². The Kier molecular flexibility index (Phi) is 5.48. The highest BCUT2D eigenvalue weighted by atomic mass is 16.5. The number of hydrogen-bond acceptors (Lipinski definition) is 7. The number of aromatic nitrogens is 1. The third-order valence-corrected chi connectivity index (χ3v) is 5.84. The second kappa shape index (κ2) is 8.60. The molecule has 0 aliphatic carbocycles. The minimum Gasteiger partial charge on any atom is -0.497 e. The van der Waals surface area contributed by atoms with Crippen molar-refractivity contribution in [3.8, 4) is 23.0 Å². The lowest BCUT2D eigenvalue weighted by molar-refractivity contribution is 0.0865. The summed E-state index contributed by atoms with van der Waals surface area (Å²) >= 11 is 0. The Labute approximate surface area is 192 Å². The van der Waals surface area contributed by atoms with E-state index in [0.717, 1.165) is 22.6 Å². The van der Waals surface area contributed by atoms with Crippen molar-refractivity contribution >= 4 is 11.9 Å². The standard InChI is InChI=1S/C26H24N2O5/c1-16-25-18(13-28(15-32-25)14-19-6-4-5-9-27-19)11-21-24(29)23(33-26(16)21)12-17-10-20(30-2)7-8-22(17)31-3/h4-12H,13-15H2,1-3H3/b23-12-. The number of carbonyl (C=O) groups is 1. The molecule has 0 spiro atoms. The molecule has 7 heteroatoms. The lowest BCUT2D eigenvalue weighted by Crippen LogP contribution is -2.32. The summed E-state index contributed by atoms with van der Waals surface area (Å²) in [4.78, 5) is 19.8. The summed E-state index contributed by atoms with van der Waals surface area (Å²) < 4.78 is 22.8. The first-order valence-corrected chi connectivity index (χ1v) is 10.6. The molecule has 0 atom stereocenters. The summed E-state index contributed by atoms with van der Waals surface area (Å²) in [5.74, 6) is 2.69. The highest BCUT2D eigenvalue weighted by Crippen LogP contribution is 2.43. The second-order valence-corrected chi connectivity index (χ2v) is 8.00. The largest absolute Gasteiger partial charge is 0.497 e. The Bertz CT molecular complexity index is 1250. The molecule has 0 N–H and O–H groups in total. The Morgan fingerprint density at radius 2 is 2.00 bits per heavy atom. The van der Waals surface area contributed by atoms with Crippen LogP contribution in [-0.2, 0) is 13.1 Å². The number of nitrogens with zero attached hydrogens (tertiary/aromatic N) is 2. The number of hydrogen-bond donors (Lipinski definition) is 0. The smallest absolute Gasteiger partial charge is 0.231 e. The fraction of sp³-hybridized carbons (Fsp3) is 0.231. The normalized spacial score (nSPS) is 16.1. The van der Waals surface area contributed by atoms with Crippen LogP contribution in [0.1, 0.15) is 32.7 Å².